The summed E-state index contributed by atoms with van der Waals surface area (Å²) >= 11 is 7.47. The van der Waals surface area contributed by atoms with Gasteiger partial charge >= 0.3 is 0 Å². The van der Waals surface area contributed by atoms with Gasteiger partial charge in [0.15, 0.2) is 5.16 Å². The molecule has 5 heteroatoms. The Kier molecular flexibility index (Phi) is 3.21. The van der Waals surface area contributed by atoms with Gasteiger partial charge in [-0.05, 0) is 36.4 Å². The maximum atomic E-state index is 13.2. The highest BCUT2D eigenvalue weighted by molar-refractivity contribution is 7.99. The molecule has 96 valence electrons. The molecule has 0 spiro atoms. The van der Waals surface area contributed by atoms with Crippen molar-refractivity contribution in [3.8, 4) is 0 Å². The van der Waals surface area contributed by atoms with Crippen LogP contribution < -0.4 is 0 Å². The summed E-state index contributed by atoms with van der Waals surface area (Å²) in [6.07, 6.45) is 0. The zero-order valence-electron chi connectivity index (χ0n) is 10.1. The zero-order valence-corrected chi connectivity index (χ0v) is 11.7. The summed E-state index contributed by atoms with van der Waals surface area (Å²) in [5.41, 5.74) is 1.57. The fraction of sp³-hybridized carbons (Fsp3) is 0.0714. The fourth-order valence-electron chi connectivity index (χ4n) is 1.87. The number of fused-ring (bicyclic) bond motifs is 1. The minimum absolute atomic E-state index is 0.255. The Labute approximate surface area is 119 Å². The van der Waals surface area contributed by atoms with Gasteiger partial charge in [0.25, 0.3) is 0 Å². The lowest BCUT2D eigenvalue weighted by molar-refractivity contribution is 0.628. The van der Waals surface area contributed by atoms with Crippen LogP contribution >= 0.6 is 23.4 Å². The molecule has 0 aliphatic rings. The molecule has 0 N–H and O–H groups in total. The second-order valence-electron chi connectivity index (χ2n) is 4.15. The molecule has 0 saturated carbocycles. The Morgan fingerprint density at radius 1 is 1.21 bits per heavy atom. The molecule has 0 radical (unpaired) electrons. The van der Waals surface area contributed by atoms with Crippen LogP contribution in [0.2, 0.25) is 5.02 Å². The molecule has 3 rings (SSSR count). The van der Waals surface area contributed by atoms with Crippen molar-refractivity contribution in [1.82, 2.24) is 9.55 Å². The van der Waals surface area contributed by atoms with Crippen molar-refractivity contribution < 1.29 is 4.39 Å². The van der Waals surface area contributed by atoms with Crippen LogP contribution in [0.25, 0.3) is 11.0 Å². The zero-order chi connectivity index (χ0) is 13.4. The number of hydrogen-bond acceptors (Lipinski definition) is 2. The largest absolute Gasteiger partial charge is 0.322 e. The summed E-state index contributed by atoms with van der Waals surface area (Å²) in [5.74, 6) is -0.255. The Hall–Kier alpha value is -1.52. The van der Waals surface area contributed by atoms with Crippen LogP contribution in [0.3, 0.4) is 0 Å². The van der Waals surface area contributed by atoms with Crippen LogP contribution in [0.5, 0.6) is 0 Å². The SMILES string of the molecule is Cn1c(Sc2cccc(Cl)c2)nc2ccc(F)cc21. The molecule has 0 atom stereocenters. The molecule has 0 fully saturated rings. The van der Waals surface area contributed by atoms with Crippen LogP contribution in [0.1, 0.15) is 0 Å². The molecule has 0 amide bonds. The number of hydrogen-bond donors (Lipinski definition) is 0. The lowest BCUT2D eigenvalue weighted by Gasteiger charge is -2.02. The van der Waals surface area contributed by atoms with Gasteiger partial charge in [-0.15, -0.1) is 0 Å². The van der Waals surface area contributed by atoms with Gasteiger partial charge in [0.05, 0.1) is 11.0 Å². The molecule has 0 bridgehead atoms. The molecule has 1 heterocycles. The third kappa shape index (κ3) is 2.46. The van der Waals surface area contributed by atoms with Crippen LogP contribution in [-0.2, 0) is 7.05 Å². The standard InChI is InChI=1S/C14H10ClFN2S/c1-18-13-8-10(16)5-6-12(13)17-14(18)19-11-4-2-3-9(15)7-11/h2-8H,1H3. The van der Waals surface area contributed by atoms with E-state index in [0.29, 0.717) is 5.02 Å². The number of imidazole rings is 1. The average Bonchev–Trinajstić information content (AvgIpc) is 2.67. The molecule has 0 aliphatic carbocycles. The molecule has 2 aromatic carbocycles. The number of rotatable bonds is 2. The lowest BCUT2D eigenvalue weighted by atomic mass is 10.3. The molecule has 3 aromatic rings. The summed E-state index contributed by atoms with van der Waals surface area (Å²) in [6, 6.07) is 12.2. The summed E-state index contributed by atoms with van der Waals surface area (Å²) in [6.45, 7) is 0. The van der Waals surface area contributed by atoms with Gasteiger partial charge in [0, 0.05) is 17.0 Å². The topological polar surface area (TPSA) is 17.8 Å². The maximum absolute atomic E-state index is 13.2. The Morgan fingerprint density at radius 2 is 2.05 bits per heavy atom. The summed E-state index contributed by atoms with van der Waals surface area (Å²) in [4.78, 5) is 5.50. The van der Waals surface area contributed by atoms with E-state index in [1.165, 1.54) is 23.9 Å². The highest BCUT2D eigenvalue weighted by Gasteiger charge is 2.10. The van der Waals surface area contributed by atoms with E-state index in [-0.39, 0.29) is 5.82 Å². The number of aromatic nitrogens is 2. The smallest absolute Gasteiger partial charge is 0.173 e. The van der Waals surface area contributed by atoms with Gasteiger partial charge in [-0.2, -0.15) is 0 Å². The molecule has 0 aliphatic heterocycles. The normalized spacial score (nSPS) is 11.1. The first-order valence-electron chi connectivity index (χ1n) is 5.69. The number of aryl methyl sites for hydroxylation is 1. The van der Waals surface area contributed by atoms with E-state index in [0.717, 1.165) is 21.1 Å². The van der Waals surface area contributed by atoms with Crippen LogP contribution in [0, 0.1) is 5.82 Å². The van der Waals surface area contributed by atoms with Gasteiger partial charge in [-0.3, -0.25) is 0 Å². The van der Waals surface area contributed by atoms with Crippen LogP contribution in [0.15, 0.2) is 52.5 Å². The highest BCUT2D eigenvalue weighted by Crippen LogP contribution is 2.30. The van der Waals surface area contributed by atoms with Gasteiger partial charge in [-0.25, -0.2) is 9.37 Å². The van der Waals surface area contributed by atoms with Gasteiger partial charge in [0.1, 0.15) is 5.82 Å². The maximum Gasteiger partial charge on any atom is 0.173 e. The first-order chi connectivity index (χ1) is 9.13. The van der Waals surface area contributed by atoms with E-state index in [9.17, 15) is 4.39 Å². The second kappa shape index (κ2) is 4.87. The van der Waals surface area contributed by atoms with Gasteiger partial charge in [0.2, 0.25) is 0 Å². The predicted octanol–water partition coefficient (Wildman–Crippen LogP) is 4.52. The van der Waals surface area contributed by atoms with Crippen molar-refractivity contribution >= 4 is 34.4 Å². The highest BCUT2D eigenvalue weighted by atomic mass is 35.5. The molecule has 2 nitrogen and oxygen atoms in total. The van der Waals surface area contributed by atoms with Gasteiger partial charge < -0.3 is 4.57 Å². The average molecular weight is 293 g/mol. The molecular weight excluding hydrogens is 283 g/mol. The fourth-order valence-corrected chi connectivity index (χ4v) is 3.05. The molecule has 1 aromatic heterocycles. The van der Waals surface area contributed by atoms with E-state index >= 15 is 0 Å². The van der Waals surface area contributed by atoms with E-state index in [1.54, 1.807) is 6.07 Å². The first-order valence-corrected chi connectivity index (χ1v) is 6.88. The monoisotopic (exact) mass is 292 g/mol. The molecule has 19 heavy (non-hydrogen) atoms. The van der Waals surface area contributed by atoms with Crippen molar-refractivity contribution in [3.05, 3.63) is 53.3 Å². The molecular formula is C14H10ClFN2S. The van der Waals surface area contributed by atoms with Crippen molar-refractivity contribution in [2.45, 2.75) is 10.1 Å². The van der Waals surface area contributed by atoms with Crippen molar-refractivity contribution in [2.24, 2.45) is 7.05 Å². The summed E-state index contributed by atoms with van der Waals surface area (Å²) < 4.78 is 15.1. The number of nitrogens with zero attached hydrogens (tertiary/aromatic N) is 2. The van der Waals surface area contributed by atoms with E-state index < -0.39 is 0 Å². The lowest BCUT2D eigenvalue weighted by Crippen LogP contribution is -1.90. The van der Waals surface area contributed by atoms with Gasteiger partial charge in [-0.1, -0.05) is 29.4 Å². The number of benzene rings is 2. The summed E-state index contributed by atoms with van der Waals surface area (Å²) in [7, 11) is 1.88. The van der Waals surface area contributed by atoms with E-state index in [1.807, 2.05) is 35.9 Å². The first kappa shape index (κ1) is 12.5. The minimum Gasteiger partial charge on any atom is -0.322 e. The minimum atomic E-state index is -0.255. The quantitative estimate of drug-likeness (QED) is 0.691. The van der Waals surface area contributed by atoms with Crippen LogP contribution in [-0.4, -0.2) is 9.55 Å². The third-order valence-corrected chi connectivity index (χ3v) is 4.08. The van der Waals surface area contributed by atoms with E-state index in [4.69, 9.17) is 11.6 Å². The Bertz CT molecular complexity index is 754. The predicted molar refractivity (Wildman–Crippen MR) is 76.2 cm³/mol. The second-order valence-corrected chi connectivity index (χ2v) is 5.62. The van der Waals surface area contributed by atoms with E-state index in [2.05, 4.69) is 4.98 Å². The third-order valence-electron chi connectivity index (χ3n) is 2.81. The van der Waals surface area contributed by atoms with Crippen molar-refractivity contribution in [1.29, 1.82) is 0 Å². The van der Waals surface area contributed by atoms with Crippen LogP contribution in [0.4, 0.5) is 4.39 Å². The Balaban J connectivity index is 2.04. The summed E-state index contributed by atoms with van der Waals surface area (Å²) in [5, 5.41) is 1.50. The van der Waals surface area contributed by atoms with Crippen molar-refractivity contribution in [3.63, 3.8) is 0 Å². The Morgan fingerprint density at radius 3 is 2.84 bits per heavy atom. The number of halogens is 2. The molecule has 0 saturated heterocycles. The van der Waals surface area contributed by atoms with Crippen molar-refractivity contribution in [2.75, 3.05) is 0 Å². The molecule has 0 unspecified atom stereocenters.